The van der Waals surface area contributed by atoms with Gasteiger partial charge >= 0.3 is 11.9 Å². The minimum atomic E-state index is -1.01. The molecule has 2 heterocycles. The number of azide groups is 1. The smallest absolute Gasteiger partial charge is 0.338 e. The van der Waals surface area contributed by atoms with Gasteiger partial charge in [0.05, 0.1) is 24.3 Å². The number of nitrogens with zero attached hydrogens (tertiary/aromatic N) is 3. The van der Waals surface area contributed by atoms with E-state index in [1.807, 2.05) is 0 Å². The summed E-state index contributed by atoms with van der Waals surface area (Å²) in [7, 11) is 0. The Bertz CT molecular complexity index is 976. The third-order valence-electron chi connectivity index (χ3n) is 5.11. The number of carbonyl (C=O) groups excluding carboxylic acids is 2. The molecule has 2 saturated heterocycles. The number of benzene rings is 2. The van der Waals surface area contributed by atoms with E-state index >= 15 is 0 Å². The van der Waals surface area contributed by atoms with Crippen molar-refractivity contribution in [3.63, 3.8) is 0 Å². The molecule has 4 rings (SSSR count). The van der Waals surface area contributed by atoms with E-state index in [2.05, 4.69) is 10.0 Å². The Kier molecular flexibility index (Phi) is 6.98. The van der Waals surface area contributed by atoms with Gasteiger partial charge in [0.25, 0.3) is 0 Å². The SMILES string of the molecule is [N-]=[N+]=N[C@@H]1[C@H](OC(=O)c2ccccc2)[C@@H](COC(=O)c2ccccc2)O[C@H]1C1OCCO1. The zero-order valence-corrected chi connectivity index (χ0v) is 17.0. The number of ether oxygens (including phenoxy) is 5. The second-order valence-corrected chi connectivity index (χ2v) is 7.15. The van der Waals surface area contributed by atoms with Crippen molar-refractivity contribution in [1.29, 1.82) is 0 Å². The lowest BCUT2D eigenvalue weighted by Gasteiger charge is -2.22. The van der Waals surface area contributed by atoms with E-state index in [0.29, 0.717) is 24.3 Å². The van der Waals surface area contributed by atoms with Gasteiger partial charge in [-0.15, -0.1) is 0 Å². The zero-order valence-electron chi connectivity index (χ0n) is 17.0. The maximum absolute atomic E-state index is 12.7. The first-order chi connectivity index (χ1) is 15.7. The lowest BCUT2D eigenvalue weighted by Crippen LogP contribution is -2.40. The maximum Gasteiger partial charge on any atom is 0.338 e. The molecular weight excluding hydrogens is 418 g/mol. The molecule has 10 heteroatoms. The van der Waals surface area contributed by atoms with Crippen molar-refractivity contribution < 1.29 is 33.3 Å². The van der Waals surface area contributed by atoms with Gasteiger partial charge in [0.2, 0.25) is 0 Å². The number of carbonyl (C=O) groups is 2. The molecule has 0 radical (unpaired) electrons. The van der Waals surface area contributed by atoms with Crippen LogP contribution < -0.4 is 0 Å². The van der Waals surface area contributed by atoms with Crippen LogP contribution >= 0.6 is 0 Å². The first kappa shape index (κ1) is 21.8. The van der Waals surface area contributed by atoms with Gasteiger partial charge in [-0.05, 0) is 29.8 Å². The number of rotatable bonds is 7. The minimum Gasteiger partial charge on any atom is -0.459 e. The van der Waals surface area contributed by atoms with E-state index in [1.165, 1.54) is 0 Å². The summed E-state index contributed by atoms with van der Waals surface area (Å²) in [6, 6.07) is 15.9. The van der Waals surface area contributed by atoms with Crippen LogP contribution in [0.15, 0.2) is 65.8 Å². The Hall–Kier alpha value is -3.43. The summed E-state index contributed by atoms with van der Waals surface area (Å²) in [5.74, 6) is -1.18. The number of esters is 2. The van der Waals surface area contributed by atoms with Gasteiger partial charge in [-0.1, -0.05) is 41.5 Å². The van der Waals surface area contributed by atoms with Gasteiger partial charge in [0.1, 0.15) is 31.0 Å². The second kappa shape index (κ2) is 10.3. The fourth-order valence-corrected chi connectivity index (χ4v) is 3.61. The summed E-state index contributed by atoms with van der Waals surface area (Å²) in [6.07, 6.45) is -3.52. The molecular formula is C22H21N3O7. The highest BCUT2D eigenvalue weighted by molar-refractivity contribution is 5.90. The van der Waals surface area contributed by atoms with Crippen molar-refractivity contribution in [3.05, 3.63) is 82.2 Å². The van der Waals surface area contributed by atoms with Crippen LogP contribution in [-0.4, -0.2) is 62.4 Å². The maximum atomic E-state index is 12.7. The molecule has 2 aliphatic heterocycles. The van der Waals surface area contributed by atoms with Crippen molar-refractivity contribution in [1.82, 2.24) is 0 Å². The summed E-state index contributed by atoms with van der Waals surface area (Å²) in [4.78, 5) is 28.0. The van der Waals surface area contributed by atoms with Crippen LogP contribution in [-0.2, 0) is 23.7 Å². The van der Waals surface area contributed by atoms with Crippen molar-refractivity contribution >= 4 is 11.9 Å². The first-order valence-electron chi connectivity index (χ1n) is 10.1. The third-order valence-corrected chi connectivity index (χ3v) is 5.11. The molecule has 0 aromatic heterocycles. The molecule has 0 N–H and O–H groups in total. The Labute approximate surface area is 183 Å². The monoisotopic (exact) mass is 439 g/mol. The number of hydrogen-bond acceptors (Lipinski definition) is 8. The Balaban J connectivity index is 1.54. The van der Waals surface area contributed by atoms with E-state index in [4.69, 9.17) is 29.2 Å². The molecule has 2 aromatic carbocycles. The molecule has 0 unspecified atom stereocenters. The first-order valence-corrected chi connectivity index (χ1v) is 10.1. The van der Waals surface area contributed by atoms with Gasteiger partial charge in [0.15, 0.2) is 6.29 Å². The predicted molar refractivity (Wildman–Crippen MR) is 110 cm³/mol. The molecule has 166 valence electrons. The van der Waals surface area contributed by atoms with Crippen LogP contribution in [0.4, 0.5) is 0 Å². The van der Waals surface area contributed by atoms with Gasteiger partial charge < -0.3 is 23.7 Å². The molecule has 2 aliphatic rings. The predicted octanol–water partition coefficient (Wildman–Crippen LogP) is 2.89. The average molecular weight is 439 g/mol. The topological polar surface area (TPSA) is 129 Å². The fraction of sp³-hybridized carbons (Fsp3) is 0.364. The van der Waals surface area contributed by atoms with E-state index in [-0.39, 0.29) is 6.61 Å². The molecule has 2 aromatic rings. The highest BCUT2D eigenvalue weighted by Gasteiger charge is 2.51. The highest BCUT2D eigenvalue weighted by atomic mass is 16.7. The van der Waals surface area contributed by atoms with Gasteiger partial charge in [-0.25, -0.2) is 9.59 Å². The van der Waals surface area contributed by atoms with E-state index in [9.17, 15) is 9.59 Å². The van der Waals surface area contributed by atoms with Crippen LogP contribution in [0.2, 0.25) is 0 Å². The fourth-order valence-electron chi connectivity index (χ4n) is 3.61. The summed E-state index contributed by atoms with van der Waals surface area (Å²) in [6.45, 7) is 0.492. The standard InChI is InChI=1S/C22H21N3O7/c23-25-24-17-18(32-21(27)15-9-5-2-6-10-15)16(31-19(17)22-28-11-12-29-22)13-30-20(26)14-7-3-1-4-8-14/h1-10,16-19,22H,11-13H2/t16-,17-,18-,19-/m1/s1. The van der Waals surface area contributed by atoms with Crippen LogP contribution in [0.3, 0.4) is 0 Å². The highest BCUT2D eigenvalue weighted by Crippen LogP contribution is 2.32. The normalized spacial score (nSPS) is 25.1. The van der Waals surface area contributed by atoms with E-state index < -0.39 is 42.6 Å². The third kappa shape index (κ3) is 4.90. The van der Waals surface area contributed by atoms with Crippen LogP contribution in [0.1, 0.15) is 20.7 Å². The summed E-state index contributed by atoms with van der Waals surface area (Å²) in [5.41, 5.74) is 9.80. The molecule has 0 amide bonds. The van der Waals surface area contributed by atoms with E-state index in [0.717, 1.165) is 0 Å². The summed E-state index contributed by atoms with van der Waals surface area (Å²) < 4.78 is 28.1. The Morgan fingerprint density at radius 2 is 1.56 bits per heavy atom. The second-order valence-electron chi connectivity index (χ2n) is 7.15. The van der Waals surface area contributed by atoms with E-state index in [1.54, 1.807) is 60.7 Å². The molecule has 0 spiro atoms. The average Bonchev–Trinajstić information content (AvgIpc) is 3.48. The van der Waals surface area contributed by atoms with Crippen LogP contribution in [0.25, 0.3) is 10.4 Å². The molecule has 2 fully saturated rings. The molecule has 0 bridgehead atoms. The lowest BCUT2D eigenvalue weighted by molar-refractivity contribution is -0.146. The van der Waals surface area contributed by atoms with Crippen molar-refractivity contribution in [2.24, 2.45) is 5.11 Å². The van der Waals surface area contributed by atoms with Crippen molar-refractivity contribution in [2.75, 3.05) is 19.8 Å². The zero-order chi connectivity index (χ0) is 22.3. The largest absolute Gasteiger partial charge is 0.459 e. The minimum absolute atomic E-state index is 0.221. The molecule has 0 aliphatic carbocycles. The quantitative estimate of drug-likeness (QED) is 0.281. The van der Waals surface area contributed by atoms with Crippen molar-refractivity contribution in [2.45, 2.75) is 30.6 Å². The Morgan fingerprint density at radius 1 is 0.969 bits per heavy atom. The summed E-state index contributed by atoms with van der Waals surface area (Å²) >= 11 is 0. The molecule has 0 saturated carbocycles. The van der Waals surface area contributed by atoms with Crippen LogP contribution in [0, 0.1) is 0 Å². The van der Waals surface area contributed by atoms with Crippen molar-refractivity contribution in [3.8, 4) is 0 Å². The summed E-state index contributed by atoms with van der Waals surface area (Å²) in [5, 5.41) is 3.79. The Morgan fingerprint density at radius 3 is 2.16 bits per heavy atom. The van der Waals surface area contributed by atoms with Gasteiger partial charge in [-0.2, -0.15) is 0 Å². The number of hydrogen-bond donors (Lipinski definition) is 0. The van der Waals surface area contributed by atoms with Gasteiger partial charge in [0, 0.05) is 4.91 Å². The molecule has 10 nitrogen and oxygen atoms in total. The van der Waals surface area contributed by atoms with Gasteiger partial charge in [-0.3, -0.25) is 0 Å². The molecule has 4 atom stereocenters. The van der Waals surface area contributed by atoms with Crippen LogP contribution in [0.5, 0.6) is 0 Å². The molecule has 32 heavy (non-hydrogen) atoms. The lowest BCUT2D eigenvalue weighted by atomic mass is 10.0.